The van der Waals surface area contributed by atoms with Gasteiger partial charge in [-0.25, -0.2) is 0 Å². The van der Waals surface area contributed by atoms with Crippen LogP contribution < -0.4 is 11.0 Å². The van der Waals surface area contributed by atoms with E-state index in [9.17, 15) is 0 Å². The van der Waals surface area contributed by atoms with Crippen LogP contribution in [-0.2, 0) is 12.0 Å². The summed E-state index contributed by atoms with van der Waals surface area (Å²) in [5.74, 6) is 0.557. The van der Waals surface area contributed by atoms with Crippen molar-refractivity contribution in [2.45, 2.75) is 46.1 Å². The molecule has 0 fully saturated rings. The van der Waals surface area contributed by atoms with Gasteiger partial charge in [-0.1, -0.05) is 76.7 Å². The number of rotatable bonds is 7. The van der Waals surface area contributed by atoms with Gasteiger partial charge in [0.05, 0.1) is 5.84 Å². The molecule has 156 valence electrons. The number of allylic oxidation sites excluding steroid dienone is 3. The molecule has 1 heterocycles. The Morgan fingerprint density at radius 2 is 1.87 bits per heavy atom. The van der Waals surface area contributed by atoms with Crippen molar-refractivity contribution in [3.8, 4) is 0 Å². The van der Waals surface area contributed by atoms with E-state index in [1.807, 2.05) is 25.1 Å². The molecule has 3 rings (SSSR count). The monoisotopic (exact) mass is 416 g/mol. The largest absolute Gasteiger partial charge is 0.388 e. The normalized spacial score (nSPS) is 17.7. The number of fused-ring (bicyclic) bond motifs is 1. The molecule has 0 amide bonds. The molecule has 2 aromatic carbocycles. The molecule has 3 heteroatoms. The fraction of sp³-hybridized carbons (Fsp3) is 0.296. The first kappa shape index (κ1) is 22.2. The average molecular weight is 417 g/mol. The van der Waals surface area contributed by atoms with Crippen LogP contribution in [0, 0.1) is 0 Å². The molecule has 2 N–H and O–H groups in total. The van der Waals surface area contributed by atoms with Gasteiger partial charge in [0.2, 0.25) is 0 Å². The first-order valence-corrected chi connectivity index (χ1v) is 11.9. The van der Waals surface area contributed by atoms with Gasteiger partial charge < -0.3 is 5.73 Å². The molecule has 2 aromatic rings. The first-order valence-electron chi connectivity index (χ1n) is 10.7. The molecule has 0 bridgehead atoms. The highest BCUT2D eigenvalue weighted by Gasteiger charge is 2.35. The summed E-state index contributed by atoms with van der Waals surface area (Å²) in [5.41, 5.74) is 12.8. The van der Waals surface area contributed by atoms with Crippen molar-refractivity contribution in [3.63, 3.8) is 0 Å². The van der Waals surface area contributed by atoms with Gasteiger partial charge in [-0.05, 0) is 84.6 Å². The van der Waals surface area contributed by atoms with Crippen LogP contribution in [0.3, 0.4) is 0 Å². The van der Waals surface area contributed by atoms with Crippen molar-refractivity contribution in [2.75, 3.05) is 6.16 Å². The highest BCUT2D eigenvalue weighted by atomic mass is 31.1. The van der Waals surface area contributed by atoms with E-state index in [0.29, 0.717) is 5.84 Å². The molecule has 1 aliphatic heterocycles. The number of hydrogen-bond acceptors (Lipinski definition) is 1. The Hall–Kier alpha value is -2.44. The SMILES string of the molecule is C=C(CC)C(N=C(C)N)(/C(C)=C/C=C(\C)c1ccc2c(c1)PCC2)c1ccccc1. The minimum absolute atomic E-state index is 0.557. The van der Waals surface area contributed by atoms with Crippen LogP contribution in [0.25, 0.3) is 5.57 Å². The number of nitrogens with two attached hydrogens (primary N) is 1. The number of aliphatic imine (C=N–C) groups is 1. The zero-order valence-electron chi connectivity index (χ0n) is 18.6. The minimum Gasteiger partial charge on any atom is -0.388 e. The predicted molar refractivity (Wildman–Crippen MR) is 135 cm³/mol. The molecule has 2 nitrogen and oxygen atoms in total. The van der Waals surface area contributed by atoms with Gasteiger partial charge in [0.15, 0.2) is 0 Å². The maximum absolute atomic E-state index is 6.11. The first-order chi connectivity index (χ1) is 14.4. The van der Waals surface area contributed by atoms with E-state index in [1.165, 1.54) is 34.6 Å². The summed E-state index contributed by atoms with van der Waals surface area (Å²) in [7, 11) is 0.946. The molecular weight excluding hydrogens is 383 g/mol. The van der Waals surface area contributed by atoms with Crippen LogP contribution in [0.2, 0.25) is 0 Å². The Balaban J connectivity index is 2.07. The second-order valence-electron chi connectivity index (χ2n) is 8.03. The molecule has 1 aliphatic rings. The van der Waals surface area contributed by atoms with Gasteiger partial charge in [0.1, 0.15) is 5.54 Å². The second kappa shape index (κ2) is 9.58. The summed E-state index contributed by atoms with van der Waals surface area (Å²) >= 11 is 0. The van der Waals surface area contributed by atoms with Crippen molar-refractivity contribution in [1.82, 2.24) is 0 Å². The van der Waals surface area contributed by atoms with Gasteiger partial charge in [0.25, 0.3) is 0 Å². The average Bonchev–Trinajstić information content (AvgIpc) is 3.23. The van der Waals surface area contributed by atoms with Crippen LogP contribution in [0.15, 0.2) is 83.4 Å². The molecule has 0 saturated heterocycles. The minimum atomic E-state index is -0.648. The maximum atomic E-state index is 6.11. The lowest BCUT2D eigenvalue weighted by atomic mass is 9.76. The third-order valence-corrected chi connectivity index (χ3v) is 7.25. The predicted octanol–water partition coefficient (Wildman–Crippen LogP) is 6.13. The van der Waals surface area contributed by atoms with Crippen molar-refractivity contribution >= 4 is 25.3 Å². The topological polar surface area (TPSA) is 38.4 Å². The van der Waals surface area contributed by atoms with E-state index in [4.69, 9.17) is 10.7 Å². The van der Waals surface area contributed by atoms with E-state index in [-0.39, 0.29) is 0 Å². The third kappa shape index (κ3) is 4.50. The lowest BCUT2D eigenvalue weighted by molar-refractivity contribution is 0.603. The van der Waals surface area contributed by atoms with Crippen molar-refractivity contribution in [3.05, 3.63) is 95.1 Å². The number of amidine groups is 1. The van der Waals surface area contributed by atoms with E-state index in [1.54, 1.807) is 0 Å². The van der Waals surface area contributed by atoms with E-state index >= 15 is 0 Å². The van der Waals surface area contributed by atoms with Gasteiger partial charge in [-0.3, -0.25) is 4.99 Å². The Labute approximate surface area is 183 Å². The van der Waals surface area contributed by atoms with Crippen LogP contribution >= 0.6 is 8.58 Å². The van der Waals surface area contributed by atoms with E-state index in [2.05, 4.69) is 69.8 Å². The standard InChI is InChI=1S/C27H33N2P/c1-6-20(3)27(29-22(5)28,25-10-8-7-9-11-25)21(4)13-12-19(2)24-15-14-23-16-17-30-26(23)18-24/h7-15,18,30H,3,6,16-17H2,1-2,4-5H3,(H2,28,29)/b19-12+,21-13+. The van der Waals surface area contributed by atoms with Crippen LogP contribution in [-0.4, -0.2) is 12.0 Å². The summed E-state index contributed by atoms with van der Waals surface area (Å²) in [5, 5.41) is 1.53. The fourth-order valence-corrected chi connectivity index (χ4v) is 5.50. The smallest absolute Gasteiger partial charge is 0.129 e. The van der Waals surface area contributed by atoms with E-state index < -0.39 is 5.54 Å². The summed E-state index contributed by atoms with van der Waals surface area (Å²) < 4.78 is 0. The third-order valence-electron chi connectivity index (χ3n) is 5.90. The molecule has 0 aliphatic carbocycles. The quantitative estimate of drug-likeness (QED) is 0.190. The Kier molecular flexibility index (Phi) is 7.10. The Morgan fingerprint density at radius 3 is 2.53 bits per heavy atom. The number of nitrogens with zero attached hydrogens (tertiary/aromatic N) is 1. The zero-order chi connectivity index (χ0) is 21.7. The summed E-state index contributed by atoms with van der Waals surface area (Å²) in [4.78, 5) is 4.95. The summed E-state index contributed by atoms with van der Waals surface area (Å²) in [6.07, 6.45) is 7.74. The van der Waals surface area contributed by atoms with Crippen molar-refractivity contribution < 1.29 is 0 Å². The van der Waals surface area contributed by atoms with Crippen molar-refractivity contribution in [2.24, 2.45) is 10.7 Å². The number of benzene rings is 2. The summed E-state index contributed by atoms with van der Waals surface area (Å²) in [6, 6.07) is 17.3. The molecule has 0 saturated carbocycles. The zero-order valence-corrected chi connectivity index (χ0v) is 19.6. The van der Waals surface area contributed by atoms with Crippen LogP contribution in [0.5, 0.6) is 0 Å². The van der Waals surface area contributed by atoms with Gasteiger partial charge in [-0.2, -0.15) is 0 Å². The van der Waals surface area contributed by atoms with Crippen LogP contribution in [0.4, 0.5) is 0 Å². The second-order valence-corrected chi connectivity index (χ2v) is 9.43. The molecule has 0 aromatic heterocycles. The van der Waals surface area contributed by atoms with Gasteiger partial charge in [-0.15, -0.1) is 0 Å². The molecule has 2 unspecified atom stereocenters. The van der Waals surface area contributed by atoms with Gasteiger partial charge >= 0.3 is 0 Å². The maximum Gasteiger partial charge on any atom is 0.129 e. The van der Waals surface area contributed by atoms with Crippen LogP contribution in [0.1, 0.15) is 50.8 Å². The molecule has 30 heavy (non-hydrogen) atoms. The van der Waals surface area contributed by atoms with Gasteiger partial charge in [0, 0.05) is 0 Å². The number of hydrogen-bond donors (Lipinski definition) is 1. The highest BCUT2D eigenvalue weighted by molar-refractivity contribution is 7.47. The molecule has 0 radical (unpaired) electrons. The Morgan fingerprint density at radius 1 is 1.13 bits per heavy atom. The number of aryl methyl sites for hydroxylation is 1. The molecular formula is C27H33N2P. The highest BCUT2D eigenvalue weighted by Crippen LogP contribution is 2.41. The lowest BCUT2D eigenvalue weighted by Crippen LogP contribution is -2.30. The molecule has 0 spiro atoms. The summed E-state index contributed by atoms with van der Waals surface area (Å²) in [6.45, 7) is 12.7. The molecule has 2 atom stereocenters. The van der Waals surface area contributed by atoms with Crippen molar-refractivity contribution in [1.29, 1.82) is 0 Å². The Bertz CT molecular complexity index is 1010. The van der Waals surface area contributed by atoms with E-state index in [0.717, 1.165) is 31.7 Å². The fourth-order valence-electron chi connectivity index (χ4n) is 4.15. The lowest BCUT2D eigenvalue weighted by Gasteiger charge is -2.34.